The molecule has 0 aliphatic rings. The quantitative estimate of drug-likeness (QED) is 0.835. The van der Waals surface area contributed by atoms with Crippen LogP contribution in [0.2, 0.25) is 0 Å². The molecule has 0 saturated carbocycles. The van der Waals surface area contributed by atoms with E-state index in [1.54, 1.807) is 12.4 Å². The van der Waals surface area contributed by atoms with Crippen molar-refractivity contribution in [2.24, 2.45) is 0 Å². The van der Waals surface area contributed by atoms with Crippen molar-refractivity contribution in [3.8, 4) is 0 Å². The molecule has 0 fully saturated rings. The maximum atomic E-state index is 11.3. The Balaban J connectivity index is 2.11. The maximum Gasteiger partial charge on any atom is 0.266 e. The molecule has 2 N–H and O–H groups in total. The van der Waals surface area contributed by atoms with Crippen molar-refractivity contribution < 1.29 is 0 Å². The highest BCUT2D eigenvalue weighted by atomic mass is 127. The summed E-state index contributed by atoms with van der Waals surface area (Å²) >= 11 is 1.97. The van der Waals surface area contributed by atoms with Gasteiger partial charge in [-0.3, -0.25) is 9.78 Å². The molecular weight excluding hydrogens is 319 g/mol. The highest BCUT2D eigenvalue weighted by molar-refractivity contribution is 14.1. The van der Waals surface area contributed by atoms with Gasteiger partial charge >= 0.3 is 0 Å². The molecule has 2 rings (SSSR count). The molecule has 2 aromatic rings. The van der Waals surface area contributed by atoms with E-state index in [0.29, 0.717) is 15.9 Å². The molecule has 0 spiro atoms. The number of pyridine rings is 1. The molecule has 0 aliphatic heterocycles. The molecule has 0 bridgehead atoms. The lowest BCUT2D eigenvalue weighted by Crippen LogP contribution is -2.14. The summed E-state index contributed by atoms with van der Waals surface area (Å²) in [6.45, 7) is 0.620. The number of nitrogens with one attached hydrogen (secondary N) is 2. The van der Waals surface area contributed by atoms with Crippen molar-refractivity contribution in [3.05, 3.63) is 50.3 Å². The summed E-state index contributed by atoms with van der Waals surface area (Å²) in [6.07, 6.45) is 4.85. The lowest BCUT2D eigenvalue weighted by atomic mass is 10.3. The average Bonchev–Trinajstić information content (AvgIpc) is 2.32. The summed E-state index contributed by atoms with van der Waals surface area (Å²) in [5.74, 6) is 0.598. The molecule has 0 radical (unpaired) electrons. The summed E-state index contributed by atoms with van der Waals surface area (Å²) in [6, 6.07) is 3.82. The van der Waals surface area contributed by atoms with Gasteiger partial charge in [0.05, 0.1) is 6.33 Å². The number of H-pyrrole nitrogens is 1. The predicted octanol–water partition coefficient (Wildman–Crippen LogP) is 1.38. The normalized spacial score (nSPS) is 10.1. The Morgan fingerprint density at radius 1 is 1.38 bits per heavy atom. The van der Waals surface area contributed by atoms with E-state index >= 15 is 0 Å². The van der Waals surface area contributed by atoms with Gasteiger partial charge in [0, 0.05) is 18.9 Å². The topological polar surface area (TPSA) is 70.7 Å². The van der Waals surface area contributed by atoms with Gasteiger partial charge in [-0.1, -0.05) is 0 Å². The molecule has 5 nitrogen and oxygen atoms in total. The van der Waals surface area contributed by atoms with Crippen LogP contribution in [0, 0.1) is 3.57 Å². The number of nitrogens with zero attached hydrogens (tertiary/aromatic N) is 2. The molecule has 0 aromatic carbocycles. The van der Waals surface area contributed by atoms with Gasteiger partial charge in [-0.05, 0) is 40.3 Å². The number of halogens is 1. The van der Waals surface area contributed by atoms with Crippen LogP contribution < -0.4 is 10.9 Å². The van der Waals surface area contributed by atoms with Gasteiger partial charge in [-0.15, -0.1) is 0 Å². The Morgan fingerprint density at radius 3 is 2.88 bits per heavy atom. The summed E-state index contributed by atoms with van der Waals surface area (Å²) in [5, 5.41) is 3.10. The second kappa shape index (κ2) is 5.06. The molecule has 0 saturated heterocycles. The fourth-order valence-corrected chi connectivity index (χ4v) is 1.68. The van der Waals surface area contributed by atoms with E-state index in [9.17, 15) is 4.79 Å². The van der Waals surface area contributed by atoms with Crippen LogP contribution in [0.15, 0.2) is 35.6 Å². The second-order valence-corrected chi connectivity index (χ2v) is 4.18. The Morgan fingerprint density at radius 2 is 2.12 bits per heavy atom. The first-order valence-electron chi connectivity index (χ1n) is 4.63. The van der Waals surface area contributed by atoms with Crippen molar-refractivity contribution in [2.45, 2.75) is 6.54 Å². The van der Waals surface area contributed by atoms with E-state index in [1.807, 2.05) is 34.7 Å². The summed E-state index contributed by atoms with van der Waals surface area (Å²) < 4.78 is 0.564. The minimum absolute atomic E-state index is 0.132. The molecule has 6 heteroatoms. The second-order valence-electron chi connectivity index (χ2n) is 3.10. The first-order chi connectivity index (χ1) is 7.77. The van der Waals surface area contributed by atoms with Crippen LogP contribution in [-0.2, 0) is 6.54 Å². The van der Waals surface area contributed by atoms with Crippen LogP contribution in [0.4, 0.5) is 5.82 Å². The lowest BCUT2D eigenvalue weighted by molar-refractivity contribution is 1.04. The zero-order valence-electron chi connectivity index (χ0n) is 8.27. The van der Waals surface area contributed by atoms with E-state index in [2.05, 4.69) is 20.3 Å². The fraction of sp³-hybridized carbons (Fsp3) is 0.100. The van der Waals surface area contributed by atoms with Crippen LogP contribution in [0.3, 0.4) is 0 Å². The van der Waals surface area contributed by atoms with Crippen molar-refractivity contribution >= 4 is 28.4 Å². The maximum absolute atomic E-state index is 11.3. The summed E-state index contributed by atoms with van der Waals surface area (Å²) in [7, 11) is 0. The monoisotopic (exact) mass is 328 g/mol. The van der Waals surface area contributed by atoms with Crippen molar-refractivity contribution in [2.75, 3.05) is 5.32 Å². The zero-order valence-corrected chi connectivity index (χ0v) is 10.4. The molecule has 0 amide bonds. The van der Waals surface area contributed by atoms with Gasteiger partial charge in [-0.25, -0.2) is 4.98 Å². The number of hydrogen-bond acceptors (Lipinski definition) is 4. The van der Waals surface area contributed by atoms with Crippen molar-refractivity contribution in [1.29, 1.82) is 0 Å². The van der Waals surface area contributed by atoms with E-state index in [1.165, 1.54) is 6.33 Å². The van der Waals surface area contributed by atoms with Gasteiger partial charge in [0.15, 0.2) is 0 Å². The molecule has 0 aliphatic carbocycles. The average molecular weight is 328 g/mol. The number of hydrogen-bond donors (Lipinski definition) is 2. The number of aromatic nitrogens is 3. The van der Waals surface area contributed by atoms with Gasteiger partial charge in [0.2, 0.25) is 0 Å². The smallest absolute Gasteiger partial charge is 0.266 e. The molecule has 16 heavy (non-hydrogen) atoms. The summed E-state index contributed by atoms with van der Waals surface area (Å²) in [5.41, 5.74) is 0.959. The Kier molecular flexibility index (Phi) is 3.50. The Hall–Kier alpha value is -1.44. The molecule has 2 aromatic heterocycles. The third-order valence-corrected chi connectivity index (χ3v) is 3.01. The molecule has 82 valence electrons. The lowest BCUT2D eigenvalue weighted by Gasteiger charge is -2.05. The van der Waals surface area contributed by atoms with E-state index in [4.69, 9.17) is 0 Å². The number of anilines is 1. The largest absolute Gasteiger partial charge is 0.365 e. The number of rotatable bonds is 3. The van der Waals surface area contributed by atoms with E-state index in [-0.39, 0.29) is 5.56 Å². The van der Waals surface area contributed by atoms with Crippen LogP contribution in [0.5, 0.6) is 0 Å². The molecule has 0 atom stereocenters. The van der Waals surface area contributed by atoms with Gasteiger partial charge in [0.25, 0.3) is 5.56 Å². The van der Waals surface area contributed by atoms with Crippen LogP contribution in [0.1, 0.15) is 5.56 Å². The van der Waals surface area contributed by atoms with Crippen LogP contribution in [0.25, 0.3) is 0 Å². The fourth-order valence-electron chi connectivity index (χ4n) is 1.19. The van der Waals surface area contributed by atoms with Gasteiger partial charge in [-0.2, -0.15) is 0 Å². The highest BCUT2D eigenvalue weighted by Crippen LogP contribution is 2.10. The molecular formula is C10H9IN4O. The molecule has 2 heterocycles. The van der Waals surface area contributed by atoms with Gasteiger partial charge < -0.3 is 10.3 Å². The first-order valence-corrected chi connectivity index (χ1v) is 5.71. The SMILES string of the molecule is O=c1[nH]cnc(NCc2ccncc2)c1I. The highest BCUT2D eigenvalue weighted by Gasteiger charge is 2.03. The van der Waals surface area contributed by atoms with E-state index in [0.717, 1.165) is 5.56 Å². The minimum Gasteiger partial charge on any atom is -0.365 e. The van der Waals surface area contributed by atoms with Crippen LogP contribution in [-0.4, -0.2) is 15.0 Å². The zero-order chi connectivity index (χ0) is 11.4. The Labute approximate surface area is 105 Å². The number of aromatic amines is 1. The minimum atomic E-state index is -0.132. The third kappa shape index (κ3) is 2.57. The predicted molar refractivity (Wildman–Crippen MR) is 69.1 cm³/mol. The first kappa shape index (κ1) is 11.1. The summed E-state index contributed by atoms with van der Waals surface area (Å²) in [4.78, 5) is 21.8. The third-order valence-electron chi connectivity index (χ3n) is 2.01. The van der Waals surface area contributed by atoms with Crippen LogP contribution >= 0.6 is 22.6 Å². The van der Waals surface area contributed by atoms with Gasteiger partial charge in [0.1, 0.15) is 9.39 Å². The van der Waals surface area contributed by atoms with Crippen molar-refractivity contribution in [1.82, 2.24) is 15.0 Å². The van der Waals surface area contributed by atoms with E-state index < -0.39 is 0 Å². The van der Waals surface area contributed by atoms with Crippen molar-refractivity contribution in [3.63, 3.8) is 0 Å². The standard InChI is InChI=1S/C10H9IN4O/c11-8-9(14-6-15-10(8)16)13-5-7-1-3-12-4-2-7/h1-4,6H,5H2,(H2,13,14,15,16). The molecule has 0 unspecified atom stereocenters. The Bertz CT molecular complexity index is 526.